The molecule has 2 aromatic heterocycles. The Morgan fingerprint density at radius 3 is 2.54 bits per heavy atom. The predicted molar refractivity (Wildman–Crippen MR) is 139 cm³/mol. The van der Waals surface area contributed by atoms with Gasteiger partial charge in [0.1, 0.15) is 6.04 Å². The molecule has 35 heavy (non-hydrogen) atoms. The Balaban J connectivity index is 1.12. The Bertz CT molecular complexity index is 1290. The summed E-state index contributed by atoms with van der Waals surface area (Å²) < 4.78 is 2.88. The smallest absolute Gasteiger partial charge is 0.251 e. The fourth-order valence-corrected chi connectivity index (χ4v) is 5.35. The van der Waals surface area contributed by atoms with Gasteiger partial charge in [-0.15, -0.1) is 0 Å². The van der Waals surface area contributed by atoms with E-state index in [9.17, 15) is 9.59 Å². The second kappa shape index (κ2) is 10.4. The van der Waals surface area contributed by atoms with Crippen LogP contribution in [-0.2, 0) is 11.3 Å². The molecule has 0 spiro atoms. The van der Waals surface area contributed by atoms with Gasteiger partial charge in [0.15, 0.2) is 5.13 Å². The number of piperidine rings is 1. The minimum Gasteiger partial charge on any atom is -0.351 e. The molecule has 2 N–H and O–H groups in total. The van der Waals surface area contributed by atoms with E-state index in [4.69, 9.17) is 0 Å². The van der Waals surface area contributed by atoms with Crippen molar-refractivity contribution in [3.63, 3.8) is 0 Å². The molecule has 1 aliphatic rings. The Kier molecular flexibility index (Phi) is 6.92. The average molecular weight is 488 g/mol. The fraction of sp³-hybridized carbons (Fsp3) is 0.296. The Morgan fingerprint density at radius 2 is 1.80 bits per heavy atom. The minimum atomic E-state index is -0.613. The normalized spacial score (nSPS) is 15.7. The number of aromatic nitrogens is 2. The first-order chi connectivity index (χ1) is 17.0. The maximum Gasteiger partial charge on any atom is 0.251 e. The molecule has 0 bridgehead atoms. The summed E-state index contributed by atoms with van der Waals surface area (Å²) in [5.41, 5.74) is 2.68. The summed E-state index contributed by atoms with van der Waals surface area (Å²) in [4.78, 5) is 32.6. The van der Waals surface area contributed by atoms with Crippen LogP contribution in [0, 0.1) is 0 Å². The van der Waals surface area contributed by atoms with Gasteiger partial charge in [-0.3, -0.25) is 14.5 Å². The van der Waals surface area contributed by atoms with Crippen LogP contribution in [-0.4, -0.2) is 51.4 Å². The summed E-state index contributed by atoms with van der Waals surface area (Å²) in [5.74, 6) is -0.406. The summed E-state index contributed by atoms with van der Waals surface area (Å²) in [7, 11) is 0. The van der Waals surface area contributed by atoms with Crippen molar-refractivity contribution in [2.24, 2.45) is 0 Å². The first-order valence-electron chi connectivity index (χ1n) is 12.0. The van der Waals surface area contributed by atoms with Crippen molar-refractivity contribution in [3.05, 3.63) is 84.2 Å². The molecule has 0 saturated carbocycles. The molecule has 1 atom stereocenters. The number of nitrogens with zero attached hydrogens (tertiary/aromatic N) is 3. The molecule has 0 aliphatic carbocycles. The third-order valence-corrected chi connectivity index (χ3v) is 7.42. The minimum absolute atomic E-state index is 0.134. The molecule has 2 amide bonds. The highest BCUT2D eigenvalue weighted by Crippen LogP contribution is 2.26. The van der Waals surface area contributed by atoms with Gasteiger partial charge in [0.25, 0.3) is 5.91 Å². The third-order valence-electron chi connectivity index (χ3n) is 6.39. The summed E-state index contributed by atoms with van der Waals surface area (Å²) in [6.07, 6.45) is 5.70. The van der Waals surface area contributed by atoms with Gasteiger partial charge >= 0.3 is 0 Å². The van der Waals surface area contributed by atoms with E-state index in [0.29, 0.717) is 5.56 Å². The SMILES string of the molecule is C[C@H](NC(=O)c1ccc2nc(-n3cccc3)sc2c1)C(=O)NC1CCN(Cc2ccccc2)CC1. The molecule has 1 fully saturated rings. The van der Waals surface area contributed by atoms with E-state index in [1.54, 1.807) is 13.0 Å². The maximum atomic E-state index is 12.8. The summed E-state index contributed by atoms with van der Waals surface area (Å²) >= 11 is 1.52. The van der Waals surface area contributed by atoms with E-state index in [-0.39, 0.29) is 17.9 Å². The van der Waals surface area contributed by atoms with Crippen LogP contribution < -0.4 is 10.6 Å². The maximum absolute atomic E-state index is 12.8. The molecule has 5 rings (SSSR count). The molecule has 0 radical (unpaired) electrons. The number of hydrogen-bond donors (Lipinski definition) is 2. The van der Waals surface area contributed by atoms with Gasteiger partial charge in [0, 0.05) is 43.6 Å². The van der Waals surface area contributed by atoms with Crippen LogP contribution >= 0.6 is 11.3 Å². The number of amides is 2. The molecule has 180 valence electrons. The van der Waals surface area contributed by atoms with E-state index < -0.39 is 6.04 Å². The lowest BCUT2D eigenvalue weighted by Crippen LogP contribution is -2.51. The Morgan fingerprint density at radius 1 is 1.06 bits per heavy atom. The highest BCUT2D eigenvalue weighted by molar-refractivity contribution is 7.20. The second-order valence-electron chi connectivity index (χ2n) is 9.01. The van der Waals surface area contributed by atoms with Crippen molar-refractivity contribution < 1.29 is 9.59 Å². The summed E-state index contributed by atoms with van der Waals surface area (Å²) in [6.45, 7) is 4.55. The van der Waals surface area contributed by atoms with Crippen LogP contribution in [0.1, 0.15) is 35.7 Å². The summed E-state index contributed by atoms with van der Waals surface area (Å²) in [5, 5.41) is 6.81. The number of likely N-dealkylation sites (tertiary alicyclic amines) is 1. The van der Waals surface area contributed by atoms with Gasteiger partial charge < -0.3 is 15.2 Å². The van der Waals surface area contributed by atoms with E-state index in [1.807, 2.05) is 47.3 Å². The molecule has 3 heterocycles. The van der Waals surface area contributed by atoms with Gasteiger partial charge in [0.05, 0.1) is 10.2 Å². The molecule has 8 heteroatoms. The molecular formula is C27H29N5O2S. The van der Waals surface area contributed by atoms with Crippen LogP contribution in [0.3, 0.4) is 0 Å². The van der Waals surface area contributed by atoms with Crippen molar-refractivity contribution in [3.8, 4) is 5.13 Å². The van der Waals surface area contributed by atoms with E-state index >= 15 is 0 Å². The number of fused-ring (bicyclic) bond motifs is 1. The van der Waals surface area contributed by atoms with Crippen molar-refractivity contribution in [1.29, 1.82) is 0 Å². The highest BCUT2D eigenvalue weighted by atomic mass is 32.1. The predicted octanol–water partition coefficient (Wildman–Crippen LogP) is 3.99. The average Bonchev–Trinajstić information content (AvgIpc) is 3.55. The Hall–Kier alpha value is -3.49. The van der Waals surface area contributed by atoms with Crippen LogP contribution in [0.5, 0.6) is 0 Å². The number of rotatable bonds is 7. The molecule has 7 nitrogen and oxygen atoms in total. The lowest BCUT2D eigenvalue weighted by molar-refractivity contribution is -0.123. The van der Waals surface area contributed by atoms with Gasteiger partial charge in [-0.2, -0.15) is 0 Å². The van der Waals surface area contributed by atoms with Crippen molar-refractivity contribution in [1.82, 2.24) is 25.1 Å². The Labute approximate surface area is 208 Å². The molecule has 2 aromatic carbocycles. The van der Waals surface area contributed by atoms with Gasteiger partial charge in [-0.1, -0.05) is 41.7 Å². The summed E-state index contributed by atoms with van der Waals surface area (Å²) in [6, 6.07) is 19.3. The van der Waals surface area contributed by atoms with Crippen molar-refractivity contribution in [2.75, 3.05) is 13.1 Å². The highest BCUT2D eigenvalue weighted by Gasteiger charge is 2.24. The molecule has 0 unspecified atom stereocenters. The number of thiazole rings is 1. The van der Waals surface area contributed by atoms with E-state index in [0.717, 1.165) is 47.8 Å². The number of carbonyl (C=O) groups excluding carboxylic acids is 2. The quantitative estimate of drug-likeness (QED) is 0.413. The van der Waals surface area contributed by atoms with Crippen molar-refractivity contribution in [2.45, 2.75) is 38.4 Å². The first-order valence-corrected chi connectivity index (χ1v) is 12.8. The van der Waals surface area contributed by atoms with Crippen LogP contribution in [0.15, 0.2) is 73.1 Å². The number of benzene rings is 2. The van der Waals surface area contributed by atoms with Crippen LogP contribution in [0.4, 0.5) is 0 Å². The zero-order valence-electron chi connectivity index (χ0n) is 19.7. The number of hydrogen-bond acceptors (Lipinski definition) is 5. The zero-order valence-corrected chi connectivity index (χ0v) is 20.5. The molecule has 1 saturated heterocycles. The molecule has 4 aromatic rings. The van der Waals surface area contributed by atoms with Gasteiger partial charge in [-0.05, 0) is 55.7 Å². The first kappa shape index (κ1) is 23.3. The zero-order chi connectivity index (χ0) is 24.2. The molecule has 1 aliphatic heterocycles. The second-order valence-corrected chi connectivity index (χ2v) is 10.0. The largest absolute Gasteiger partial charge is 0.351 e. The van der Waals surface area contributed by atoms with E-state index in [2.05, 4.69) is 44.8 Å². The van der Waals surface area contributed by atoms with Gasteiger partial charge in [0.2, 0.25) is 5.91 Å². The van der Waals surface area contributed by atoms with Crippen LogP contribution in [0.25, 0.3) is 15.3 Å². The monoisotopic (exact) mass is 487 g/mol. The standard InChI is InChI=1S/C27H29N5O2S/c1-19(25(33)29-22-11-15-31(16-12-22)18-20-7-3-2-4-8-20)28-26(34)21-9-10-23-24(17-21)35-27(30-23)32-13-5-6-14-32/h2-10,13-14,17,19,22H,11-12,15-16,18H2,1H3,(H,28,34)(H,29,33)/t19-/m0/s1. The fourth-order valence-electron chi connectivity index (χ4n) is 4.37. The van der Waals surface area contributed by atoms with Crippen molar-refractivity contribution >= 4 is 33.4 Å². The lowest BCUT2D eigenvalue weighted by atomic mass is 10.0. The van der Waals surface area contributed by atoms with Crippen LogP contribution in [0.2, 0.25) is 0 Å². The topological polar surface area (TPSA) is 79.3 Å². The lowest BCUT2D eigenvalue weighted by Gasteiger charge is -2.33. The number of nitrogens with one attached hydrogen (secondary N) is 2. The number of carbonyl (C=O) groups is 2. The van der Waals surface area contributed by atoms with E-state index in [1.165, 1.54) is 16.9 Å². The molecular weight excluding hydrogens is 458 g/mol. The van der Waals surface area contributed by atoms with Gasteiger partial charge in [-0.25, -0.2) is 4.98 Å². The third kappa shape index (κ3) is 5.61.